The highest BCUT2D eigenvalue weighted by atomic mass is 19.4. The Balaban J connectivity index is 3.41. The van der Waals surface area contributed by atoms with E-state index in [0.717, 1.165) is 0 Å². The van der Waals surface area contributed by atoms with Crippen molar-refractivity contribution >= 4 is 5.97 Å². The van der Waals surface area contributed by atoms with Crippen LogP contribution < -0.4 is 0 Å². The zero-order valence-corrected chi connectivity index (χ0v) is 12.4. The molecular weight excluding hydrogens is 318 g/mol. The molecule has 0 heterocycles. The minimum atomic E-state index is -6.02. The van der Waals surface area contributed by atoms with Gasteiger partial charge in [0.1, 0.15) is 0 Å². The van der Waals surface area contributed by atoms with Crippen molar-refractivity contribution in [2.24, 2.45) is 5.41 Å². The predicted molar refractivity (Wildman–Crippen MR) is 63.8 cm³/mol. The van der Waals surface area contributed by atoms with Crippen molar-refractivity contribution in [3.63, 3.8) is 0 Å². The van der Waals surface area contributed by atoms with E-state index in [9.17, 15) is 36.2 Å². The first-order valence-corrected chi connectivity index (χ1v) is 6.68. The lowest BCUT2D eigenvalue weighted by atomic mass is 9.79. The van der Waals surface area contributed by atoms with Crippen LogP contribution in [0.2, 0.25) is 0 Å². The molecule has 1 saturated carbocycles. The maximum absolute atomic E-state index is 13.1. The third-order valence-electron chi connectivity index (χ3n) is 3.79. The zero-order chi connectivity index (χ0) is 17.6. The van der Waals surface area contributed by atoms with Crippen LogP contribution in [-0.2, 0) is 9.53 Å². The van der Waals surface area contributed by atoms with Gasteiger partial charge in [0.25, 0.3) is 5.60 Å². The van der Waals surface area contributed by atoms with Crippen molar-refractivity contribution in [3.05, 3.63) is 0 Å². The molecule has 0 aromatic heterocycles. The van der Waals surface area contributed by atoms with Crippen LogP contribution in [0.5, 0.6) is 0 Å². The Morgan fingerprint density at radius 2 is 1.32 bits per heavy atom. The summed E-state index contributed by atoms with van der Waals surface area (Å²) < 4.78 is 83.1. The van der Waals surface area contributed by atoms with Gasteiger partial charge in [-0.1, -0.05) is 0 Å². The molecule has 3 nitrogen and oxygen atoms in total. The van der Waals surface area contributed by atoms with E-state index in [1.165, 1.54) is 20.8 Å². The van der Waals surface area contributed by atoms with Crippen LogP contribution >= 0.6 is 0 Å². The Bertz CT molecular complexity index is 413. The zero-order valence-electron chi connectivity index (χ0n) is 12.4. The highest BCUT2D eigenvalue weighted by molar-refractivity contribution is 5.76. The van der Waals surface area contributed by atoms with Crippen molar-refractivity contribution in [1.82, 2.24) is 0 Å². The highest BCUT2D eigenvalue weighted by Crippen LogP contribution is 2.56. The quantitative estimate of drug-likeness (QED) is 0.617. The molecule has 0 bridgehead atoms. The Morgan fingerprint density at radius 1 is 0.955 bits per heavy atom. The monoisotopic (exact) mass is 336 g/mol. The highest BCUT2D eigenvalue weighted by Gasteiger charge is 2.81. The molecule has 130 valence electrons. The van der Waals surface area contributed by atoms with E-state index < -0.39 is 47.8 Å². The Kier molecular flexibility index (Phi) is 4.57. The molecule has 0 spiro atoms. The molecule has 0 radical (unpaired) electrons. The lowest BCUT2D eigenvalue weighted by molar-refractivity contribution is -0.412. The van der Waals surface area contributed by atoms with Gasteiger partial charge in [-0.25, -0.2) is 0 Å². The van der Waals surface area contributed by atoms with Crippen LogP contribution in [0.1, 0.15) is 46.5 Å². The van der Waals surface area contributed by atoms with Gasteiger partial charge in [-0.15, -0.1) is 0 Å². The first-order chi connectivity index (χ1) is 9.58. The maximum Gasteiger partial charge on any atom is 0.430 e. The second-order valence-corrected chi connectivity index (χ2v) is 6.55. The van der Waals surface area contributed by atoms with Gasteiger partial charge in [-0.2, -0.15) is 26.3 Å². The Labute approximate surface area is 123 Å². The summed E-state index contributed by atoms with van der Waals surface area (Å²) in [5.41, 5.74) is -9.44. The van der Waals surface area contributed by atoms with Crippen molar-refractivity contribution < 1.29 is 41.0 Å². The summed E-state index contributed by atoms with van der Waals surface area (Å²) in [6.07, 6.45) is -13.5. The molecule has 22 heavy (non-hydrogen) atoms. The molecule has 1 rings (SSSR count). The summed E-state index contributed by atoms with van der Waals surface area (Å²) >= 11 is 0. The first-order valence-electron chi connectivity index (χ1n) is 6.68. The summed E-state index contributed by atoms with van der Waals surface area (Å²) in [5, 5.41) is 9.62. The molecule has 0 atom stereocenters. The number of esters is 1. The lowest BCUT2D eigenvalue weighted by Gasteiger charge is -2.46. The van der Waals surface area contributed by atoms with Crippen molar-refractivity contribution in [3.8, 4) is 0 Å². The SMILES string of the molecule is CC(C)(C)C(=O)OC1(C(O)(C(F)(F)F)C(F)(F)F)CCCC1. The fraction of sp³-hybridized carbons (Fsp3) is 0.923. The predicted octanol–water partition coefficient (Wildman–Crippen LogP) is 3.74. The standard InChI is InChI=1S/C13H18F6O3/c1-9(2,3)8(20)22-10(6-4-5-7-10)11(21,12(14,15)16)13(17,18)19/h21H,4-7H2,1-3H3. The van der Waals surface area contributed by atoms with Crippen LogP contribution in [0.3, 0.4) is 0 Å². The molecular formula is C13H18F6O3. The number of rotatable bonds is 2. The van der Waals surface area contributed by atoms with E-state index in [1.807, 2.05) is 0 Å². The van der Waals surface area contributed by atoms with Gasteiger partial charge < -0.3 is 9.84 Å². The molecule has 9 heteroatoms. The third-order valence-corrected chi connectivity index (χ3v) is 3.79. The molecule has 0 aromatic carbocycles. The molecule has 1 fully saturated rings. The van der Waals surface area contributed by atoms with Crippen molar-refractivity contribution in [2.75, 3.05) is 0 Å². The van der Waals surface area contributed by atoms with Crippen LogP contribution in [0.15, 0.2) is 0 Å². The molecule has 1 aliphatic carbocycles. The van der Waals surface area contributed by atoms with Gasteiger partial charge in [0.05, 0.1) is 5.41 Å². The molecule has 0 unspecified atom stereocenters. The Hall–Kier alpha value is -0.990. The van der Waals surface area contributed by atoms with Crippen LogP contribution in [0.25, 0.3) is 0 Å². The van der Waals surface area contributed by atoms with Gasteiger partial charge in [0.2, 0.25) is 0 Å². The molecule has 1 aliphatic rings. The molecule has 0 saturated heterocycles. The number of aliphatic hydroxyl groups is 1. The van der Waals surface area contributed by atoms with Gasteiger partial charge in [0, 0.05) is 0 Å². The van der Waals surface area contributed by atoms with E-state index in [4.69, 9.17) is 0 Å². The van der Waals surface area contributed by atoms with Crippen molar-refractivity contribution in [1.29, 1.82) is 0 Å². The Morgan fingerprint density at radius 3 is 1.59 bits per heavy atom. The average molecular weight is 336 g/mol. The third kappa shape index (κ3) is 2.91. The molecule has 1 N–H and O–H groups in total. The van der Waals surface area contributed by atoms with Crippen LogP contribution in [-0.4, -0.2) is 34.6 Å². The number of ether oxygens (including phenoxy) is 1. The first kappa shape index (κ1) is 19.1. The van der Waals surface area contributed by atoms with E-state index >= 15 is 0 Å². The average Bonchev–Trinajstić information content (AvgIpc) is 2.73. The van der Waals surface area contributed by atoms with Crippen molar-refractivity contribution in [2.45, 2.75) is 70.0 Å². The summed E-state index contributed by atoms with van der Waals surface area (Å²) in [4.78, 5) is 11.9. The van der Waals surface area contributed by atoms with E-state index in [0.29, 0.717) is 0 Å². The number of hydrogen-bond acceptors (Lipinski definition) is 3. The molecule has 0 amide bonds. The topological polar surface area (TPSA) is 46.5 Å². The fourth-order valence-electron chi connectivity index (χ4n) is 2.49. The van der Waals surface area contributed by atoms with Gasteiger partial charge in [-0.05, 0) is 46.5 Å². The smallest absolute Gasteiger partial charge is 0.430 e. The number of alkyl halides is 6. The van der Waals surface area contributed by atoms with Crippen LogP contribution in [0, 0.1) is 5.41 Å². The number of halogens is 6. The number of carbonyl (C=O) groups excluding carboxylic acids is 1. The summed E-state index contributed by atoms with van der Waals surface area (Å²) in [7, 11) is 0. The maximum atomic E-state index is 13.1. The minimum absolute atomic E-state index is 0.00804. The second-order valence-electron chi connectivity index (χ2n) is 6.55. The van der Waals surface area contributed by atoms with Crippen LogP contribution in [0.4, 0.5) is 26.3 Å². The lowest BCUT2D eigenvalue weighted by Crippen LogP contribution is -2.71. The normalized spacial score (nSPS) is 20.1. The molecule has 0 aliphatic heterocycles. The van der Waals surface area contributed by atoms with E-state index in [-0.39, 0.29) is 12.8 Å². The van der Waals surface area contributed by atoms with Gasteiger partial charge in [0.15, 0.2) is 5.60 Å². The van der Waals surface area contributed by atoms with Gasteiger partial charge in [-0.3, -0.25) is 4.79 Å². The number of hydrogen-bond donors (Lipinski definition) is 1. The second kappa shape index (κ2) is 5.28. The minimum Gasteiger partial charge on any atom is -0.455 e. The number of carbonyl (C=O) groups is 1. The fourth-order valence-corrected chi connectivity index (χ4v) is 2.49. The summed E-state index contributed by atoms with van der Waals surface area (Å²) in [5.74, 6) is -1.22. The largest absolute Gasteiger partial charge is 0.455 e. The van der Waals surface area contributed by atoms with E-state index in [1.54, 1.807) is 0 Å². The van der Waals surface area contributed by atoms with E-state index in [2.05, 4.69) is 4.74 Å². The van der Waals surface area contributed by atoms with Gasteiger partial charge >= 0.3 is 18.3 Å². The molecule has 0 aromatic rings. The summed E-state index contributed by atoms with van der Waals surface area (Å²) in [6.45, 7) is 3.91. The summed E-state index contributed by atoms with van der Waals surface area (Å²) in [6, 6.07) is 0.